The van der Waals surface area contributed by atoms with Crippen molar-refractivity contribution in [3.63, 3.8) is 0 Å². The molecule has 1 N–H and O–H groups in total. The van der Waals surface area contributed by atoms with E-state index in [1.165, 1.54) is 18.2 Å². The SMILES string of the molecule is Cc1cccc(C)c1NC(=O)CN(c1ccccc1F)S(C)(=O)=O. The molecule has 0 saturated heterocycles. The van der Waals surface area contributed by atoms with Gasteiger partial charge in [0.05, 0.1) is 11.9 Å². The molecule has 0 bridgehead atoms. The molecule has 2 rings (SSSR count). The van der Waals surface area contributed by atoms with Crippen molar-refractivity contribution in [2.45, 2.75) is 13.8 Å². The highest BCUT2D eigenvalue weighted by molar-refractivity contribution is 7.92. The molecular formula is C17H19FN2O3S. The van der Waals surface area contributed by atoms with Gasteiger partial charge in [-0.3, -0.25) is 9.10 Å². The third kappa shape index (κ3) is 4.11. The van der Waals surface area contributed by atoms with Gasteiger partial charge in [0.1, 0.15) is 12.4 Å². The summed E-state index contributed by atoms with van der Waals surface area (Å²) in [6.45, 7) is 3.18. The lowest BCUT2D eigenvalue weighted by Crippen LogP contribution is -2.38. The fourth-order valence-electron chi connectivity index (χ4n) is 2.36. The maximum Gasteiger partial charge on any atom is 0.245 e. The van der Waals surface area contributed by atoms with Crippen molar-refractivity contribution < 1.29 is 17.6 Å². The first-order chi connectivity index (χ1) is 11.2. The first-order valence-electron chi connectivity index (χ1n) is 7.28. The highest BCUT2D eigenvalue weighted by Gasteiger charge is 2.23. The van der Waals surface area contributed by atoms with Crippen LogP contribution in [0.5, 0.6) is 0 Å². The fraction of sp³-hybridized carbons (Fsp3) is 0.235. The standard InChI is InChI=1S/C17H19FN2O3S/c1-12-7-6-8-13(2)17(12)19-16(21)11-20(24(3,22)23)15-10-5-4-9-14(15)18/h4-10H,11H2,1-3H3,(H,19,21). The third-order valence-electron chi connectivity index (χ3n) is 3.55. The van der Waals surface area contributed by atoms with Gasteiger partial charge in [0.25, 0.3) is 0 Å². The Morgan fingerprint density at radius 3 is 2.21 bits per heavy atom. The minimum absolute atomic E-state index is 0.156. The number of aryl methyl sites for hydroxylation is 2. The number of hydrogen-bond donors (Lipinski definition) is 1. The lowest BCUT2D eigenvalue weighted by molar-refractivity contribution is -0.114. The molecule has 2 aromatic carbocycles. The molecule has 0 aliphatic carbocycles. The highest BCUT2D eigenvalue weighted by atomic mass is 32.2. The summed E-state index contributed by atoms with van der Waals surface area (Å²) < 4.78 is 38.7. The predicted molar refractivity (Wildman–Crippen MR) is 93.1 cm³/mol. The van der Waals surface area contributed by atoms with Crippen molar-refractivity contribution in [2.75, 3.05) is 22.4 Å². The third-order valence-corrected chi connectivity index (χ3v) is 4.68. The van der Waals surface area contributed by atoms with Crippen LogP contribution < -0.4 is 9.62 Å². The maximum absolute atomic E-state index is 13.9. The molecule has 0 aliphatic rings. The summed E-state index contributed by atoms with van der Waals surface area (Å²) in [6.07, 6.45) is 0.936. The number of carbonyl (C=O) groups is 1. The molecule has 0 fully saturated rings. The Morgan fingerprint density at radius 1 is 1.08 bits per heavy atom. The second kappa shape index (κ2) is 7.00. The van der Waals surface area contributed by atoms with Gasteiger partial charge in [-0.15, -0.1) is 0 Å². The Hall–Kier alpha value is -2.41. The summed E-state index contributed by atoms with van der Waals surface area (Å²) in [4.78, 5) is 12.3. The number of hydrogen-bond acceptors (Lipinski definition) is 3. The largest absolute Gasteiger partial charge is 0.324 e. The summed E-state index contributed by atoms with van der Waals surface area (Å²) in [5.74, 6) is -1.25. The minimum Gasteiger partial charge on any atom is -0.324 e. The normalized spacial score (nSPS) is 11.2. The van der Waals surface area contributed by atoms with Crippen LogP contribution in [-0.2, 0) is 14.8 Å². The topological polar surface area (TPSA) is 66.5 Å². The number of para-hydroxylation sites is 2. The van der Waals surface area contributed by atoms with Crippen molar-refractivity contribution >= 4 is 27.3 Å². The molecule has 0 heterocycles. The summed E-state index contributed by atoms with van der Waals surface area (Å²) in [5, 5.41) is 2.70. The van der Waals surface area contributed by atoms with Crippen LogP contribution in [0.4, 0.5) is 15.8 Å². The number of halogens is 1. The van der Waals surface area contributed by atoms with Gasteiger partial charge in [-0.05, 0) is 37.1 Å². The molecule has 0 aliphatic heterocycles. The molecule has 5 nitrogen and oxygen atoms in total. The van der Waals surface area contributed by atoms with E-state index in [1.807, 2.05) is 32.0 Å². The Kier molecular flexibility index (Phi) is 5.23. The zero-order valence-electron chi connectivity index (χ0n) is 13.7. The Morgan fingerprint density at radius 2 is 1.67 bits per heavy atom. The lowest BCUT2D eigenvalue weighted by Gasteiger charge is -2.22. The van der Waals surface area contributed by atoms with Gasteiger partial charge in [-0.2, -0.15) is 0 Å². The zero-order valence-corrected chi connectivity index (χ0v) is 14.5. The smallest absolute Gasteiger partial charge is 0.245 e. The van der Waals surface area contributed by atoms with E-state index in [4.69, 9.17) is 0 Å². The van der Waals surface area contributed by atoms with Crippen LogP contribution in [0.1, 0.15) is 11.1 Å². The van der Waals surface area contributed by atoms with Gasteiger partial charge in [-0.1, -0.05) is 30.3 Å². The number of nitrogens with zero attached hydrogens (tertiary/aromatic N) is 1. The predicted octanol–water partition coefficient (Wildman–Crippen LogP) is 2.85. The van der Waals surface area contributed by atoms with Crippen LogP contribution in [0.15, 0.2) is 42.5 Å². The highest BCUT2D eigenvalue weighted by Crippen LogP contribution is 2.23. The van der Waals surface area contributed by atoms with E-state index in [1.54, 1.807) is 0 Å². The van der Waals surface area contributed by atoms with Crippen LogP contribution in [0, 0.1) is 19.7 Å². The number of rotatable bonds is 5. The quantitative estimate of drug-likeness (QED) is 0.902. The van der Waals surface area contributed by atoms with Crippen LogP contribution >= 0.6 is 0 Å². The fourth-order valence-corrected chi connectivity index (χ4v) is 3.21. The lowest BCUT2D eigenvalue weighted by atomic mass is 10.1. The number of amides is 1. The maximum atomic E-state index is 13.9. The van der Waals surface area contributed by atoms with Gasteiger partial charge in [0, 0.05) is 5.69 Å². The molecular weight excluding hydrogens is 331 g/mol. The first kappa shape index (κ1) is 17.9. The van der Waals surface area contributed by atoms with E-state index < -0.39 is 28.3 Å². The van der Waals surface area contributed by atoms with Crippen molar-refractivity contribution in [3.05, 3.63) is 59.4 Å². The van der Waals surface area contributed by atoms with Gasteiger partial charge >= 0.3 is 0 Å². The van der Waals surface area contributed by atoms with E-state index in [9.17, 15) is 17.6 Å². The number of anilines is 2. The zero-order chi connectivity index (χ0) is 17.9. The van der Waals surface area contributed by atoms with Crippen molar-refractivity contribution in [2.24, 2.45) is 0 Å². The van der Waals surface area contributed by atoms with E-state index in [0.29, 0.717) is 5.69 Å². The monoisotopic (exact) mass is 350 g/mol. The number of nitrogens with one attached hydrogen (secondary N) is 1. The second-order valence-corrected chi connectivity index (χ2v) is 7.44. The van der Waals surface area contributed by atoms with E-state index >= 15 is 0 Å². The molecule has 2 aromatic rings. The van der Waals surface area contributed by atoms with Gasteiger partial charge in [0.2, 0.25) is 15.9 Å². The number of sulfonamides is 1. The van der Waals surface area contributed by atoms with Crippen LogP contribution in [0.2, 0.25) is 0 Å². The van der Waals surface area contributed by atoms with Gasteiger partial charge in [0.15, 0.2) is 0 Å². The molecule has 0 unspecified atom stereocenters. The number of benzene rings is 2. The minimum atomic E-state index is -3.82. The first-order valence-corrected chi connectivity index (χ1v) is 9.13. The molecule has 0 atom stereocenters. The van der Waals surface area contributed by atoms with Crippen LogP contribution in [-0.4, -0.2) is 27.1 Å². The molecule has 1 amide bonds. The van der Waals surface area contributed by atoms with Crippen LogP contribution in [0.25, 0.3) is 0 Å². The summed E-state index contributed by atoms with van der Waals surface area (Å²) in [7, 11) is -3.82. The Bertz CT molecular complexity index is 846. The molecule has 0 spiro atoms. The van der Waals surface area contributed by atoms with E-state index in [-0.39, 0.29) is 5.69 Å². The molecule has 0 saturated carbocycles. The molecule has 0 radical (unpaired) electrons. The summed E-state index contributed by atoms with van der Waals surface area (Å²) in [5.41, 5.74) is 2.20. The van der Waals surface area contributed by atoms with E-state index in [0.717, 1.165) is 27.8 Å². The van der Waals surface area contributed by atoms with Crippen molar-refractivity contribution in [3.8, 4) is 0 Å². The van der Waals surface area contributed by atoms with Crippen molar-refractivity contribution in [1.82, 2.24) is 0 Å². The molecule has 7 heteroatoms. The second-order valence-electron chi connectivity index (χ2n) is 5.54. The number of carbonyl (C=O) groups excluding carboxylic acids is 1. The van der Waals surface area contributed by atoms with E-state index in [2.05, 4.69) is 5.32 Å². The molecule has 128 valence electrons. The molecule has 24 heavy (non-hydrogen) atoms. The van der Waals surface area contributed by atoms with Gasteiger partial charge < -0.3 is 5.32 Å². The molecule has 0 aromatic heterocycles. The van der Waals surface area contributed by atoms with Gasteiger partial charge in [-0.25, -0.2) is 12.8 Å². The van der Waals surface area contributed by atoms with Crippen LogP contribution in [0.3, 0.4) is 0 Å². The summed E-state index contributed by atoms with van der Waals surface area (Å²) in [6, 6.07) is 11.0. The Balaban J connectivity index is 2.28. The van der Waals surface area contributed by atoms with Crippen molar-refractivity contribution in [1.29, 1.82) is 0 Å². The summed E-state index contributed by atoms with van der Waals surface area (Å²) >= 11 is 0. The average molecular weight is 350 g/mol. The average Bonchev–Trinajstić information content (AvgIpc) is 2.48. The Labute approximate surface area is 141 Å².